The van der Waals surface area contributed by atoms with Gasteiger partial charge in [-0.2, -0.15) is 0 Å². The third-order valence-electron chi connectivity index (χ3n) is 3.18. The van der Waals surface area contributed by atoms with Gasteiger partial charge in [0.25, 0.3) is 0 Å². The molecule has 2 nitrogen and oxygen atoms in total. The first-order valence-electron chi connectivity index (χ1n) is 7.81. The van der Waals surface area contributed by atoms with Crippen LogP contribution in [0.25, 0.3) is 0 Å². The molecule has 1 N–H and O–H groups in total. The fourth-order valence-corrected chi connectivity index (χ4v) is 1.84. The number of allylic oxidation sites excluding steroid dienone is 4. The van der Waals surface area contributed by atoms with Crippen LogP contribution in [0, 0.1) is 5.41 Å². The number of nitrogens with one attached hydrogen (secondary N) is 1. The Kier molecular flexibility index (Phi) is 8.03. The SMILES string of the molecule is CCCCC.CCc1ccc(N=C2C=CC(=N)C=C2)cc1. The summed E-state index contributed by atoms with van der Waals surface area (Å²) in [5.41, 5.74) is 3.68. The van der Waals surface area contributed by atoms with E-state index < -0.39 is 0 Å². The summed E-state index contributed by atoms with van der Waals surface area (Å²) in [7, 11) is 0. The molecule has 0 unspecified atom stereocenters. The highest BCUT2D eigenvalue weighted by molar-refractivity contribution is 6.17. The minimum absolute atomic E-state index is 0.514. The Morgan fingerprint density at radius 1 is 0.857 bits per heavy atom. The van der Waals surface area contributed by atoms with E-state index in [4.69, 9.17) is 5.41 Å². The summed E-state index contributed by atoms with van der Waals surface area (Å²) in [6.07, 6.45) is 12.3. The van der Waals surface area contributed by atoms with Crippen LogP contribution in [0.5, 0.6) is 0 Å². The third kappa shape index (κ3) is 6.84. The van der Waals surface area contributed by atoms with Gasteiger partial charge in [0.2, 0.25) is 0 Å². The Balaban J connectivity index is 0.000000383. The van der Waals surface area contributed by atoms with Crippen LogP contribution >= 0.6 is 0 Å². The molecule has 0 amide bonds. The van der Waals surface area contributed by atoms with Crippen molar-refractivity contribution in [2.75, 3.05) is 0 Å². The second-order valence-corrected chi connectivity index (χ2v) is 5.03. The predicted molar refractivity (Wildman–Crippen MR) is 94.1 cm³/mol. The predicted octanol–water partition coefficient (Wildman–Crippen LogP) is 5.66. The Morgan fingerprint density at radius 2 is 1.43 bits per heavy atom. The maximum Gasteiger partial charge on any atom is 0.0638 e. The number of unbranched alkanes of at least 4 members (excludes halogenated alkanes) is 2. The van der Waals surface area contributed by atoms with E-state index in [9.17, 15) is 0 Å². The maximum atomic E-state index is 7.38. The van der Waals surface area contributed by atoms with E-state index in [-0.39, 0.29) is 0 Å². The fourth-order valence-electron chi connectivity index (χ4n) is 1.84. The lowest BCUT2D eigenvalue weighted by atomic mass is 10.1. The van der Waals surface area contributed by atoms with Gasteiger partial charge < -0.3 is 5.41 Å². The molecule has 1 aliphatic carbocycles. The van der Waals surface area contributed by atoms with E-state index >= 15 is 0 Å². The average Bonchev–Trinajstić information content (AvgIpc) is 2.52. The lowest BCUT2D eigenvalue weighted by molar-refractivity contribution is 0.772. The van der Waals surface area contributed by atoms with Gasteiger partial charge in [0.15, 0.2) is 0 Å². The van der Waals surface area contributed by atoms with E-state index in [2.05, 4.69) is 37.9 Å². The van der Waals surface area contributed by atoms with E-state index in [1.54, 1.807) is 12.2 Å². The molecular formula is C19H26N2. The third-order valence-corrected chi connectivity index (χ3v) is 3.18. The van der Waals surface area contributed by atoms with Gasteiger partial charge in [0.05, 0.1) is 17.1 Å². The highest BCUT2D eigenvalue weighted by atomic mass is 14.7. The van der Waals surface area contributed by atoms with Crippen molar-refractivity contribution in [1.29, 1.82) is 5.41 Å². The largest absolute Gasteiger partial charge is 0.301 e. The van der Waals surface area contributed by atoms with Crippen molar-refractivity contribution in [3.05, 3.63) is 54.1 Å². The molecule has 2 heteroatoms. The zero-order chi connectivity index (χ0) is 15.5. The van der Waals surface area contributed by atoms with Gasteiger partial charge in [-0.15, -0.1) is 0 Å². The van der Waals surface area contributed by atoms with Crippen LogP contribution in [0.1, 0.15) is 45.6 Å². The summed E-state index contributed by atoms with van der Waals surface area (Å²) in [4.78, 5) is 4.47. The molecule has 0 saturated carbocycles. The zero-order valence-electron chi connectivity index (χ0n) is 13.4. The summed E-state index contributed by atoms with van der Waals surface area (Å²) < 4.78 is 0. The van der Waals surface area contributed by atoms with Gasteiger partial charge in [0.1, 0.15) is 0 Å². The second kappa shape index (κ2) is 9.87. The quantitative estimate of drug-likeness (QED) is 0.691. The van der Waals surface area contributed by atoms with E-state index in [0.29, 0.717) is 5.71 Å². The number of benzene rings is 1. The monoisotopic (exact) mass is 282 g/mol. The summed E-state index contributed by atoms with van der Waals surface area (Å²) in [6.45, 7) is 6.56. The van der Waals surface area contributed by atoms with Crippen LogP contribution in [-0.4, -0.2) is 11.4 Å². The molecule has 0 radical (unpaired) electrons. The molecule has 2 rings (SSSR count). The van der Waals surface area contributed by atoms with Gasteiger partial charge in [-0.25, -0.2) is 4.99 Å². The lowest BCUT2D eigenvalue weighted by Crippen LogP contribution is -1.97. The number of aliphatic imine (C=N–C) groups is 1. The molecule has 0 bridgehead atoms. The molecule has 0 spiro atoms. The van der Waals surface area contributed by atoms with Crippen LogP contribution in [0.3, 0.4) is 0 Å². The van der Waals surface area contributed by atoms with Crippen molar-refractivity contribution < 1.29 is 0 Å². The molecule has 0 heterocycles. The zero-order valence-corrected chi connectivity index (χ0v) is 13.4. The molecular weight excluding hydrogens is 256 g/mol. The van der Waals surface area contributed by atoms with E-state index in [0.717, 1.165) is 17.8 Å². The number of aryl methyl sites for hydroxylation is 1. The van der Waals surface area contributed by atoms with Crippen molar-refractivity contribution in [1.82, 2.24) is 0 Å². The minimum atomic E-state index is 0.514. The first-order valence-corrected chi connectivity index (χ1v) is 7.81. The first kappa shape index (κ1) is 17.1. The number of hydrogen-bond donors (Lipinski definition) is 1. The Hall–Kier alpha value is -1.96. The lowest BCUT2D eigenvalue weighted by Gasteiger charge is -2.01. The molecule has 112 valence electrons. The average molecular weight is 282 g/mol. The molecule has 0 saturated heterocycles. The van der Waals surface area contributed by atoms with Crippen molar-refractivity contribution in [2.24, 2.45) is 4.99 Å². The van der Waals surface area contributed by atoms with Crippen LogP contribution in [0.15, 0.2) is 53.6 Å². The van der Waals surface area contributed by atoms with Gasteiger partial charge in [0, 0.05) is 0 Å². The minimum Gasteiger partial charge on any atom is -0.301 e. The van der Waals surface area contributed by atoms with Crippen molar-refractivity contribution in [2.45, 2.75) is 46.5 Å². The molecule has 1 aromatic rings. The first-order chi connectivity index (χ1) is 10.2. The van der Waals surface area contributed by atoms with Gasteiger partial charge >= 0.3 is 0 Å². The number of rotatable bonds is 4. The topological polar surface area (TPSA) is 36.2 Å². The summed E-state index contributed by atoms with van der Waals surface area (Å²) in [6, 6.07) is 8.23. The van der Waals surface area contributed by atoms with Crippen LogP contribution in [0.4, 0.5) is 5.69 Å². The van der Waals surface area contributed by atoms with E-state index in [1.807, 2.05) is 24.3 Å². The van der Waals surface area contributed by atoms with Crippen LogP contribution in [0.2, 0.25) is 0 Å². The standard InChI is InChI=1S/C14H14N2.C5H12/c1-2-11-3-7-13(8-4-11)16-14-9-5-12(15)6-10-14;1-3-5-4-2/h3-10,15H,2H2,1H3;3-5H2,1-2H3. The molecule has 0 aromatic heterocycles. The summed E-state index contributed by atoms with van der Waals surface area (Å²) in [5, 5.41) is 7.38. The smallest absolute Gasteiger partial charge is 0.0638 e. The number of nitrogens with zero attached hydrogens (tertiary/aromatic N) is 1. The Bertz CT molecular complexity index is 499. The van der Waals surface area contributed by atoms with E-state index in [1.165, 1.54) is 24.8 Å². The molecule has 0 fully saturated rings. The van der Waals surface area contributed by atoms with Crippen LogP contribution in [-0.2, 0) is 6.42 Å². The van der Waals surface area contributed by atoms with Crippen LogP contribution < -0.4 is 0 Å². The molecule has 21 heavy (non-hydrogen) atoms. The highest BCUT2D eigenvalue weighted by Gasteiger charge is 1.97. The fraction of sp³-hybridized carbons (Fsp3) is 0.368. The highest BCUT2D eigenvalue weighted by Crippen LogP contribution is 2.14. The Labute approximate surface area is 128 Å². The maximum absolute atomic E-state index is 7.38. The molecule has 1 aromatic carbocycles. The Morgan fingerprint density at radius 3 is 1.86 bits per heavy atom. The van der Waals surface area contributed by atoms with Gasteiger partial charge in [-0.05, 0) is 48.4 Å². The van der Waals surface area contributed by atoms with Gasteiger partial charge in [-0.3, -0.25) is 0 Å². The molecule has 0 aliphatic heterocycles. The molecule has 0 atom stereocenters. The van der Waals surface area contributed by atoms with Crippen molar-refractivity contribution in [3.63, 3.8) is 0 Å². The van der Waals surface area contributed by atoms with Crippen molar-refractivity contribution in [3.8, 4) is 0 Å². The summed E-state index contributed by atoms with van der Waals surface area (Å²) in [5.74, 6) is 0. The van der Waals surface area contributed by atoms with Gasteiger partial charge in [-0.1, -0.05) is 52.2 Å². The second-order valence-electron chi connectivity index (χ2n) is 5.03. The molecule has 1 aliphatic rings. The van der Waals surface area contributed by atoms with Crippen molar-refractivity contribution >= 4 is 17.1 Å². The number of hydrogen-bond acceptors (Lipinski definition) is 2. The normalized spacial score (nSPS) is 12.9. The summed E-state index contributed by atoms with van der Waals surface area (Å²) >= 11 is 0.